The van der Waals surface area contributed by atoms with E-state index in [1.165, 1.54) is 10.6 Å². The predicted octanol–water partition coefficient (Wildman–Crippen LogP) is 2.68. The minimum Gasteiger partial charge on any atom is -0.508 e. The maximum Gasteiger partial charge on any atom is 0.331 e. The van der Waals surface area contributed by atoms with E-state index in [0.717, 1.165) is 0 Å². The van der Waals surface area contributed by atoms with Crippen LogP contribution in [0.15, 0.2) is 47.3 Å². The van der Waals surface area contributed by atoms with Crippen molar-refractivity contribution in [3.05, 3.63) is 58.0 Å². The number of hydrogen-bond acceptors (Lipinski definition) is 2. The number of H-pyrrole nitrogens is 1. The van der Waals surface area contributed by atoms with Crippen LogP contribution in [-0.2, 0) is 0 Å². The summed E-state index contributed by atoms with van der Waals surface area (Å²) in [5.74, 6) is 0.115. The molecule has 1 heterocycles. The minimum atomic E-state index is -0.252. The number of nitrogens with one attached hydrogen (secondary N) is 1. The molecule has 5 heteroatoms. The predicted molar refractivity (Wildman–Crippen MR) is 70.6 cm³/mol. The fraction of sp³-hybridized carbons (Fsp3) is 0. The third-order valence-corrected chi connectivity index (χ3v) is 3.00. The number of nitrogens with zero attached hydrogens (tertiary/aromatic N) is 1. The summed E-state index contributed by atoms with van der Waals surface area (Å²) in [6, 6.07) is 11.7. The van der Waals surface area contributed by atoms with Gasteiger partial charge in [-0.2, -0.15) is 0 Å². The molecule has 0 aliphatic rings. The molecule has 0 spiro atoms. The molecule has 90 valence electrons. The summed E-state index contributed by atoms with van der Waals surface area (Å²) in [5.41, 5.74) is 1.74. The van der Waals surface area contributed by atoms with E-state index in [1.54, 1.807) is 36.4 Å². The van der Waals surface area contributed by atoms with Gasteiger partial charge < -0.3 is 10.1 Å². The van der Waals surface area contributed by atoms with E-state index in [-0.39, 0.29) is 11.4 Å². The molecule has 3 aromatic rings. The topological polar surface area (TPSA) is 58.0 Å². The number of halogens is 1. The highest BCUT2D eigenvalue weighted by Crippen LogP contribution is 2.21. The van der Waals surface area contributed by atoms with Gasteiger partial charge in [-0.15, -0.1) is 0 Å². The van der Waals surface area contributed by atoms with Crippen LogP contribution in [0, 0.1) is 0 Å². The highest BCUT2D eigenvalue weighted by atomic mass is 35.5. The Kier molecular flexibility index (Phi) is 2.38. The van der Waals surface area contributed by atoms with Crippen molar-refractivity contribution in [1.82, 2.24) is 9.55 Å². The van der Waals surface area contributed by atoms with Gasteiger partial charge in [0.2, 0.25) is 0 Å². The van der Waals surface area contributed by atoms with E-state index in [1.807, 2.05) is 0 Å². The SMILES string of the molecule is O=c1[nH]c2ccc(O)cc2n1-c1ccc(Cl)cc1. The second kappa shape index (κ2) is 3.92. The van der Waals surface area contributed by atoms with Gasteiger partial charge in [-0.25, -0.2) is 4.79 Å². The van der Waals surface area contributed by atoms with Crippen LogP contribution in [0.1, 0.15) is 0 Å². The molecule has 4 nitrogen and oxygen atoms in total. The first kappa shape index (κ1) is 10.9. The van der Waals surface area contributed by atoms with Crippen LogP contribution in [0.25, 0.3) is 16.7 Å². The maximum atomic E-state index is 11.9. The lowest BCUT2D eigenvalue weighted by Gasteiger charge is -2.03. The molecule has 0 atom stereocenters. The van der Waals surface area contributed by atoms with Crippen LogP contribution in [0.3, 0.4) is 0 Å². The molecule has 0 amide bonds. The molecule has 1 aromatic heterocycles. The Morgan fingerprint density at radius 3 is 2.56 bits per heavy atom. The lowest BCUT2D eigenvalue weighted by Crippen LogP contribution is -2.14. The fourth-order valence-corrected chi connectivity index (χ4v) is 2.06. The van der Waals surface area contributed by atoms with Crippen LogP contribution in [-0.4, -0.2) is 14.7 Å². The van der Waals surface area contributed by atoms with Crippen LogP contribution >= 0.6 is 11.6 Å². The number of aromatic hydroxyl groups is 1. The van der Waals surface area contributed by atoms with Crippen molar-refractivity contribution in [2.24, 2.45) is 0 Å². The third-order valence-electron chi connectivity index (χ3n) is 2.75. The summed E-state index contributed by atoms with van der Waals surface area (Å²) in [7, 11) is 0. The Bertz CT molecular complexity index is 772. The van der Waals surface area contributed by atoms with E-state index in [0.29, 0.717) is 21.7 Å². The van der Waals surface area contributed by atoms with Gasteiger partial charge in [0.1, 0.15) is 5.75 Å². The Labute approximate surface area is 107 Å². The van der Waals surface area contributed by atoms with E-state index >= 15 is 0 Å². The molecule has 18 heavy (non-hydrogen) atoms. The average molecular weight is 261 g/mol. The number of phenolic OH excluding ortho intramolecular Hbond substituents is 1. The fourth-order valence-electron chi connectivity index (χ4n) is 1.94. The molecule has 2 aromatic carbocycles. The van der Waals surface area contributed by atoms with Crippen molar-refractivity contribution in [1.29, 1.82) is 0 Å². The second-order valence-corrected chi connectivity index (χ2v) is 4.38. The molecular formula is C13H9ClN2O2. The highest BCUT2D eigenvalue weighted by molar-refractivity contribution is 6.30. The lowest BCUT2D eigenvalue weighted by molar-refractivity contribution is 0.476. The third kappa shape index (κ3) is 1.67. The van der Waals surface area contributed by atoms with Crippen molar-refractivity contribution in [3.8, 4) is 11.4 Å². The number of fused-ring (bicyclic) bond motifs is 1. The van der Waals surface area contributed by atoms with Crippen molar-refractivity contribution in [2.75, 3.05) is 0 Å². The second-order valence-electron chi connectivity index (χ2n) is 3.94. The van der Waals surface area contributed by atoms with Crippen molar-refractivity contribution in [3.63, 3.8) is 0 Å². The Morgan fingerprint density at radius 2 is 1.83 bits per heavy atom. The molecule has 0 saturated carbocycles. The largest absolute Gasteiger partial charge is 0.508 e. The van der Waals surface area contributed by atoms with E-state index in [4.69, 9.17) is 11.6 Å². The number of hydrogen-bond donors (Lipinski definition) is 2. The Morgan fingerprint density at radius 1 is 1.11 bits per heavy atom. The summed E-state index contributed by atoms with van der Waals surface area (Å²) in [4.78, 5) is 14.7. The normalized spacial score (nSPS) is 10.9. The highest BCUT2D eigenvalue weighted by Gasteiger charge is 2.09. The summed E-state index contributed by atoms with van der Waals surface area (Å²) in [6.07, 6.45) is 0. The number of aromatic nitrogens is 2. The molecular weight excluding hydrogens is 252 g/mol. The van der Waals surface area contributed by atoms with Gasteiger partial charge in [-0.05, 0) is 36.4 Å². The van der Waals surface area contributed by atoms with Gasteiger partial charge in [0.15, 0.2) is 0 Å². The summed E-state index contributed by atoms with van der Waals surface area (Å²) < 4.78 is 1.49. The Balaban J connectivity index is 2.34. The summed E-state index contributed by atoms with van der Waals surface area (Å²) >= 11 is 5.82. The van der Waals surface area contributed by atoms with Gasteiger partial charge in [0, 0.05) is 11.1 Å². The van der Waals surface area contributed by atoms with Crippen LogP contribution in [0.2, 0.25) is 5.02 Å². The van der Waals surface area contributed by atoms with E-state index in [9.17, 15) is 9.90 Å². The van der Waals surface area contributed by atoms with Gasteiger partial charge >= 0.3 is 5.69 Å². The molecule has 3 rings (SSSR count). The molecule has 0 saturated heterocycles. The molecule has 0 aliphatic heterocycles. The van der Waals surface area contributed by atoms with Crippen LogP contribution in [0.4, 0.5) is 0 Å². The van der Waals surface area contributed by atoms with E-state index < -0.39 is 0 Å². The van der Waals surface area contributed by atoms with Crippen LogP contribution in [0.5, 0.6) is 5.75 Å². The van der Waals surface area contributed by atoms with Crippen molar-refractivity contribution >= 4 is 22.6 Å². The van der Waals surface area contributed by atoms with Gasteiger partial charge in [-0.3, -0.25) is 4.57 Å². The number of rotatable bonds is 1. The number of phenols is 1. The van der Waals surface area contributed by atoms with Crippen molar-refractivity contribution in [2.45, 2.75) is 0 Å². The summed E-state index contributed by atoms with van der Waals surface area (Å²) in [6.45, 7) is 0. The quantitative estimate of drug-likeness (QED) is 0.707. The molecule has 0 unspecified atom stereocenters. The maximum absolute atomic E-state index is 11.9. The number of benzene rings is 2. The molecule has 0 aliphatic carbocycles. The summed E-state index contributed by atoms with van der Waals surface area (Å²) in [5, 5.41) is 10.1. The number of imidazole rings is 1. The lowest BCUT2D eigenvalue weighted by atomic mass is 10.2. The minimum absolute atomic E-state index is 0.115. The smallest absolute Gasteiger partial charge is 0.331 e. The zero-order valence-electron chi connectivity index (χ0n) is 9.22. The van der Waals surface area contributed by atoms with Gasteiger partial charge in [0.25, 0.3) is 0 Å². The van der Waals surface area contributed by atoms with Crippen LogP contribution < -0.4 is 5.69 Å². The first-order valence-electron chi connectivity index (χ1n) is 5.35. The average Bonchev–Trinajstić information content (AvgIpc) is 2.66. The molecule has 0 radical (unpaired) electrons. The monoisotopic (exact) mass is 260 g/mol. The first-order chi connectivity index (χ1) is 8.65. The Hall–Kier alpha value is -2.20. The zero-order chi connectivity index (χ0) is 12.7. The van der Waals surface area contributed by atoms with Crippen molar-refractivity contribution < 1.29 is 5.11 Å². The molecule has 2 N–H and O–H groups in total. The zero-order valence-corrected chi connectivity index (χ0v) is 9.98. The standard InChI is InChI=1S/C13H9ClN2O2/c14-8-1-3-9(4-2-8)16-12-7-10(17)5-6-11(12)15-13(16)18/h1-7,17H,(H,15,18). The van der Waals surface area contributed by atoms with Gasteiger partial charge in [-0.1, -0.05) is 11.6 Å². The van der Waals surface area contributed by atoms with Gasteiger partial charge in [0.05, 0.1) is 16.7 Å². The number of aromatic amines is 1. The van der Waals surface area contributed by atoms with E-state index in [2.05, 4.69) is 4.98 Å². The molecule has 0 fully saturated rings. The first-order valence-corrected chi connectivity index (χ1v) is 5.72. The molecule has 0 bridgehead atoms.